The molecule has 34 heavy (non-hydrogen) atoms. The number of aryl methyl sites for hydroxylation is 1. The van der Waals surface area contributed by atoms with Crippen molar-refractivity contribution in [2.45, 2.75) is 52.3 Å². The van der Waals surface area contributed by atoms with Gasteiger partial charge in [-0.1, -0.05) is 20.8 Å². The van der Waals surface area contributed by atoms with E-state index < -0.39 is 12.6 Å². The molecular formula is C24H31F3N6S. The first kappa shape index (κ1) is 23.5. The van der Waals surface area contributed by atoms with Crippen LogP contribution in [0.1, 0.15) is 50.1 Å². The second-order valence-corrected chi connectivity index (χ2v) is 11.8. The molecule has 2 aliphatic rings. The van der Waals surface area contributed by atoms with Gasteiger partial charge in [0.05, 0.1) is 18.0 Å². The third kappa shape index (κ3) is 4.30. The average molecular weight is 493 g/mol. The van der Waals surface area contributed by atoms with Gasteiger partial charge in [-0.2, -0.15) is 18.3 Å². The van der Waals surface area contributed by atoms with E-state index in [4.69, 9.17) is 0 Å². The van der Waals surface area contributed by atoms with Crippen molar-refractivity contribution < 1.29 is 13.2 Å². The molecule has 0 radical (unpaired) electrons. The summed E-state index contributed by atoms with van der Waals surface area (Å²) in [6.45, 7) is 10.6. The van der Waals surface area contributed by atoms with E-state index in [1.165, 1.54) is 11.9 Å². The second kappa shape index (κ2) is 8.19. The fourth-order valence-corrected chi connectivity index (χ4v) is 6.75. The number of fused-ring (bicyclic) bond motifs is 1. The normalized spacial score (nSPS) is 19.8. The highest BCUT2D eigenvalue weighted by molar-refractivity contribution is 7.18. The molecule has 0 aliphatic carbocycles. The summed E-state index contributed by atoms with van der Waals surface area (Å²) in [5.41, 5.74) is 1.56. The molecule has 3 aromatic heterocycles. The van der Waals surface area contributed by atoms with Crippen LogP contribution in [0.4, 0.5) is 19.0 Å². The Morgan fingerprint density at radius 3 is 2.59 bits per heavy atom. The lowest BCUT2D eigenvalue weighted by molar-refractivity contribution is -0.126. The summed E-state index contributed by atoms with van der Waals surface area (Å²) in [5, 5.41) is 5.15. The quantitative estimate of drug-likeness (QED) is 0.472. The zero-order valence-electron chi connectivity index (χ0n) is 20.1. The van der Waals surface area contributed by atoms with Crippen molar-refractivity contribution >= 4 is 27.4 Å². The number of aromatic nitrogens is 4. The van der Waals surface area contributed by atoms with Gasteiger partial charge in [-0.15, -0.1) is 11.3 Å². The highest BCUT2D eigenvalue weighted by Crippen LogP contribution is 2.50. The highest BCUT2D eigenvalue weighted by atomic mass is 32.1. The molecule has 1 atom stereocenters. The van der Waals surface area contributed by atoms with Crippen molar-refractivity contribution in [3.05, 3.63) is 35.2 Å². The molecule has 5 rings (SSSR count). The second-order valence-electron chi connectivity index (χ2n) is 10.7. The molecule has 2 saturated heterocycles. The minimum Gasteiger partial charge on any atom is -0.355 e. The molecule has 5 heterocycles. The number of alkyl halides is 3. The number of anilines is 1. The third-order valence-corrected chi connectivity index (χ3v) is 8.65. The molecule has 6 nitrogen and oxygen atoms in total. The Morgan fingerprint density at radius 1 is 1.18 bits per heavy atom. The van der Waals surface area contributed by atoms with Gasteiger partial charge in [0.1, 0.15) is 17.0 Å². The summed E-state index contributed by atoms with van der Waals surface area (Å²) in [5.74, 6) is 0.766. The van der Waals surface area contributed by atoms with Gasteiger partial charge in [-0.25, -0.2) is 9.97 Å². The molecular weight excluding hydrogens is 461 g/mol. The van der Waals surface area contributed by atoms with Crippen LogP contribution >= 0.6 is 11.3 Å². The van der Waals surface area contributed by atoms with Gasteiger partial charge in [0, 0.05) is 61.3 Å². The van der Waals surface area contributed by atoms with Crippen LogP contribution in [0.15, 0.2) is 24.8 Å². The topological polar surface area (TPSA) is 50.1 Å². The Balaban J connectivity index is 1.34. The van der Waals surface area contributed by atoms with E-state index in [9.17, 15) is 13.2 Å². The minimum atomic E-state index is -4.22. The van der Waals surface area contributed by atoms with Crippen molar-refractivity contribution in [1.29, 1.82) is 0 Å². The Kier molecular flexibility index (Phi) is 5.67. The predicted molar refractivity (Wildman–Crippen MR) is 128 cm³/mol. The van der Waals surface area contributed by atoms with E-state index in [1.54, 1.807) is 6.07 Å². The van der Waals surface area contributed by atoms with Crippen LogP contribution in [0.5, 0.6) is 0 Å². The predicted octanol–water partition coefficient (Wildman–Crippen LogP) is 5.22. The Bertz CT molecular complexity index is 1180. The first-order valence-electron chi connectivity index (χ1n) is 11.8. The summed E-state index contributed by atoms with van der Waals surface area (Å²) in [4.78, 5) is 14.5. The minimum absolute atomic E-state index is 0.118. The smallest absolute Gasteiger partial charge is 0.355 e. The molecule has 0 unspecified atom stereocenters. The Labute approximate surface area is 201 Å². The van der Waals surface area contributed by atoms with Gasteiger partial charge in [0.15, 0.2) is 0 Å². The van der Waals surface area contributed by atoms with Crippen LogP contribution in [0.2, 0.25) is 0 Å². The maximum Gasteiger partial charge on any atom is 0.393 e. The molecule has 2 fully saturated rings. The summed E-state index contributed by atoms with van der Waals surface area (Å²) in [6.07, 6.45) is 2.57. The first-order chi connectivity index (χ1) is 16.0. The molecule has 0 saturated carbocycles. The van der Waals surface area contributed by atoms with Crippen molar-refractivity contribution in [1.82, 2.24) is 24.6 Å². The zero-order chi connectivity index (χ0) is 24.3. The summed E-state index contributed by atoms with van der Waals surface area (Å²) in [6, 6.07) is 1.93. The van der Waals surface area contributed by atoms with Gasteiger partial charge in [-0.05, 0) is 24.3 Å². The molecule has 10 heteroatoms. The first-order valence-corrected chi connectivity index (χ1v) is 12.6. The van der Waals surface area contributed by atoms with Crippen LogP contribution in [0.3, 0.4) is 0 Å². The number of thiophene rings is 1. The van der Waals surface area contributed by atoms with E-state index in [2.05, 4.69) is 51.8 Å². The van der Waals surface area contributed by atoms with Crippen molar-refractivity contribution in [3.63, 3.8) is 0 Å². The van der Waals surface area contributed by atoms with Crippen LogP contribution < -0.4 is 4.90 Å². The Morgan fingerprint density at radius 2 is 1.94 bits per heavy atom. The molecule has 0 aromatic carbocycles. The van der Waals surface area contributed by atoms with Crippen molar-refractivity contribution in [3.8, 4) is 0 Å². The van der Waals surface area contributed by atoms with E-state index in [1.807, 2.05) is 17.9 Å². The number of rotatable bonds is 6. The van der Waals surface area contributed by atoms with Gasteiger partial charge in [0.2, 0.25) is 0 Å². The molecule has 0 amide bonds. The lowest BCUT2D eigenvalue weighted by Crippen LogP contribution is -2.60. The van der Waals surface area contributed by atoms with Gasteiger partial charge in [0.25, 0.3) is 0 Å². The van der Waals surface area contributed by atoms with Crippen molar-refractivity contribution in [2.24, 2.45) is 17.9 Å². The third-order valence-electron chi connectivity index (χ3n) is 7.61. The van der Waals surface area contributed by atoms with Crippen LogP contribution in [0, 0.1) is 10.8 Å². The molecule has 0 bridgehead atoms. The average Bonchev–Trinajstić information content (AvgIpc) is 3.44. The van der Waals surface area contributed by atoms with Gasteiger partial charge >= 0.3 is 6.18 Å². The lowest BCUT2D eigenvalue weighted by atomic mass is 9.71. The molecule has 1 spiro atoms. The summed E-state index contributed by atoms with van der Waals surface area (Å²) in [7, 11) is 1.96. The maximum absolute atomic E-state index is 12.9. The van der Waals surface area contributed by atoms with Gasteiger partial charge in [-0.3, -0.25) is 9.58 Å². The van der Waals surface area contributed by atoms with Crippen LogP contribution in [0.25, 0.3) is 10.2 Å². The fraction of sp³-hybridized carbons (Fsp3) is 0.625. The molecule has 184 valence electrons. The van der Waals surface area contributed by atoms with E-state index in [-0.39, 0.29) is 15.7 Å². The van der Waals surface area contributed by atoms with Crippen LogP contribution in [-0.4, -0.2) is 57.0 Å². The lowest BCUT2D eigenvalue weighted by Gasteiger charge is -2.55. The standard InChI is InChI=1S/C24H31F3N6S/c1-5-22(2,3)19(16-10-30-31(4)11-16)33-13-23(14-33)6-7-32(12-23)20-18-8-17(9-24(25,26)27)34-21(18)29-15-28-20/h8,10-11,15,19H,5-7,9,12-14H2,1-4H3/t19-/m1/s1. The number of hydrogen-bond donors (Lipinski definition) is 0. The van der Waals surface area contributed by atoms with E-state index in [0.29, 0.717) is 10.9 Å². The van der Waals surface area contributed by atoms with Crippen molar-refractivity contribution in [2.75, 3.05) is 31.1 Å². The monoisotopic (exact) mass is 492 g/mol. The number of hydrogen-bond acceptors (Lipinski definition) is 6. The Hall–Kier alpha value is -2.20. The summed E-state index contributed by atoms with van der Waals surface area (Å²) < 4.78 is 40.6. The van der Waals surface area contributed by atoms with E-state index >= 15 is 0 Å². The zero-order valence-corrected chi connectivity index (χ0v) is 20.9. The maximum atomic E-state index is 12.9. The highest BCUT2D eigenvalue weighted by Gasteiger charge is 2.52. The fourth-order valence-electron chi connectivity index (χ4n) is 5.73. The number of likely N-dealkylation sites (tertiary alicyclic amines) is 1. The molecule has 0 N–H and O–H groups in total. The number of nitrogens with zero attached hydrogens (tertiary/aromatic N) is 6. The van der Waals surface area contributed by atoms with Gasteiger partial charge < -0.3 is 4.90 Å². The molecule has 3 aromatic rings. The van der Waals surface area contributed by atoms with Crippen LogP contribution in [-0.2, 0) is 13.5 Å². The largest absolute Gasteiger partial charge is 0.393 e. The SMILES string of the molecule is CCC(C)(C)[C@@H](c1cnn(C)c1)N1CC2(CCN(c3ncnc4sc(CC(F)(F)F)cc34)C2)C1. The number of halogens is 3. The summed E-state index contributed by atoms with van der Waals surface area (Å²) >= 11 is 1.11. The van der Waals surface area contributed by atoms with E-state index in [0.717, 1.165) is 61.6 Å². The molecule has 2 aliphatic heterocycles.